The highest BCUT2D eigenvalue weighted by atomic mass is 16.6. The standard InChI is InChI=1S/C25H37N3O8/c1-17(2)13-20(27-24(34)36-25(3,4)5)22(32)28(15-21(30)31)12-11-19(29)14-26-23(33)35-16-18-9-7-6-8-10-18/h6-10,17,20H,11-16H2,1-5H3,(H,26,33)(H,27,34)(H,30,31). The molecule has 200 valence electrons. The van der Waals surface area contributed by atoms with Crippen molar-refractivity contribution >= 4 is 29.8 Å². The van der Waals surface area contributed by atoms with Crippen molar-refractivity contribution in [1.29, 1.82) is 0 Å². The molecule has 0 aliphatic carbocycles. The highest BCUT2D eigenvalue weighted by Crippen LogP contribution is 2.12. The van der Waals surface area contributed by atoms with Gasteiger partial charge in [0.2, 0.25) is 5.91 Å². The summed E-state index contributed by atoms with van der Waals surface area (Å²) in [6, 6.07) is 7.99. The summed E-state index contributed by atoms with van der Waals surface area (Å²) in [5.74, 6) is -2.32. The van der Waals surface area contributed by atoms with Crippen molar-refractivity contribution in [2.24, 2.45) is 5.92 Å². The predicted molar refractivity (Wildman–Crippen MR) is 131 cm³/mol. The third-order valence-electron chi connectivity index (χ3n) is 4.64. The minimum Gasteiger partial charge on any atom is -0.480 e. The maximum atomic E-state index is 13.1. The number of carbonyl (C=O) groups excluding carboxylic acids is 4. The zero-order chi connectivity index (χ0) is 27.3. The molecular formula is C25H37N3O8. The Kier molecular flexibility index (Phi) is 12.4. The lowest BCUT2D eigenvalue weighted by Crippen LogP contribution is -2.51. The second kappa shape index (κ2) is 14.7. The van der Waals surface area contributed by atoms with E-state index in [0.29, 0.717) is 0 Å². The molecule has 0 aromatic heterocycles. The fourth-order valence-corrected chi connectivity index (χ4v) is 3.09. The molecule has 0 saturated carbocycles. The number of amides is 3. The normalized spacial score (nSPS) is 11.8. The largest absolute Gasteiger partial charge is 0.480 e. The number of aliphatic carboxylic acids is 1. The number of Topliss-reactive ketones (excluding diaryl/α,β-unsaturated/α-hetero) is 1. The molecule has 0 saturated heterocycles. The first-order valence-corrected chi connectivity index (χ1v) is 11.7. The van der Waals surface area contributed by atoms with Crippen molar-refractivity contribution in [3.63, 3.8) is 0 Å². The first-order chi connectivity index (χ1) is 16.8. The number of benzene rings is 1. The Morgan fingerprint density at radius 2 is 1.67 bits per heavy atom. The average molecular weight is 508 g/mol. The number of nitrogens with zero attached hydrogens (tertiary/aromatic N) is 1. The van der Waals surface area contributed by atoms with Gasteiger partial charge >= 0.3 is 18.2 Å². The maximum absolute atomic E-state index is 13.1. The Labute approximate surface area is 211 Å². The van der Waals surface area contributed by atoms with E-state index >= 15 is 0 Å². The molecule has 36 heavy (non-hydrogen) atoms. The topological polar surface area (TPSA) is 151 Å². The van der Waals surface area contributed by atoms with E-state index in [1.165, 1.54) is 0 Å². The molecule has 1 atom stereocenters. The van der Waals surface area contributed by atoms with E-state index in [9.17, 15) is 29.1 Å². The molecule has 0 heterocycles. The summed E-state index contributed by atoms with van der Waals surface area (Å²) < 4.78 is 10.3. The zero-order valence-corrected chi connectivity index (χ0v) is 21.5. The molecule has 1 unspecified atom stereocenters. The molecule has 11 heteroatoms. The van der Waals surface area contributed by atoms with Crippen molar-refractivity contribution in [1.82, 2.24) is 15.5 Å². The number of rotatable bonds is 13. The summed E-state index contributed by atoms with van der Waals surface area (Å²) in [5, 5.41) is 14.1. The van der Waals surface area contributed by atoms with Crippen molar-refractivity contribution in [2.75, 3.05) is 19.6 Å². The number of alkyl carbamates (subject to hydrolysis) is 2. The summed E-state index contributed by atoms with van der Waals surface area (Å²) in [4.78, 5) is 61.8. The van der Waals surface area contributed by atoms with Crippen LogP contribution in [-0.4, -0.2) is 71.1 Å². The van der Waals surface area contributed by atoms with E-state index in [1.54, 1.807) is 45.0 Å². The quantitative estimate of drug-likeness (QED) is 0.369. The maximum Gasteiger partial charge on any atom is 0.408 e. The minimum absolute atomic E-state index is 0.00768. The number of carboxylic acid groups (broad SMARTS) is 1. The lowest BCUT2D eigenvalue weighted by Gasteiger charge is -2.28. The van der Waals surface area contributed by atoms with Crippen LogP contribution >= 0.6 is 0 Å². The fourth-order valence-electron chi connectivity index (χ4n) is 3.09. The summed E-state index contributed by atoms with van der Waals surface area (Å²) >= 11 is 0. The van der Waals surface area contributed by atoms with Crippen LogP contribution < -0.4 is 10.6 Å². The van der Waals surface area contributed by atoms with E-state index in [1.807, 2.05) is 19.9 Å². The molecule has 1 aromatic rings. The van der Waals surface area contributed by atoms with Gasteiger partial charge in [-0.2, -0.15) is 0 Å². The highest BCUT2D eigenvalue weighted by molar-refractivity contribution is 5.89. The fraction of sp³-hybridized carbons (Fsp3) is 0.560. The van der Waals surface area contributed by atoms with Gasteiger partial charge < -0.3 is 30.1 Å². The van der Waals surface area contributed by atoms with E-state index in [0.717, 1.165) is 10.5 Å². The van der Waals surface area contributed by atoms with Gasteiger partial charge in [-0.1, -0.05) is 44.2 Å². The molecule has 0 aliphatic rings. The van der Waals surface area contributed by atoms with Crippen LogP contribution in [0.4, 0.5) is 9.59 Å². The summed E-state index contributed by atoms with van der Waals surface area (Å²) in [5.41, 5.74) is 0.00974. The Morgan fingerprint density at radius 1 is 1.03 bits per heavy atom. The molecule has 11 nitrogen and oxygen atoms in total. The Hall–Kier alpha value is -3.63. The number of carbonyl (C=O) groups is 5. The Morgan fingerprint density at radius 3 is 2.22 bits per heavy atom. The molecule has 1 rings (SSSR count). The molecule has 0 fully saturated rings. The Balaban J connectivity index is 2.67. The van der Waals surface area contributed by atoms with Gasteiger partial charge in [0.05, 0.1) is 6.54 Å². The van der Waals surface area contributed by atoms with Crippen LogP contribution in [0.2, 0.25) is 0 Å². The molecular weight excluding hydrogens is 470 g/mol. The van der Waals surface area contributed by atoms with Gasteiger partial charge in [0.15, 0.2) is 5.78 Å². The smallest absolute Gasteiger partial charge is 0.408 e. The number of nitrogens with one attached hydrogen (secondary N) is 2. The summed E-state index contributed by atoms with van der Waals surface area (Å²) in [6.45, 7) is 7.60. The van der Waals surface area contributed by atoms with Gasteiger partial charge in [0.25, 0.3) is 0 Å². The van der Waals surface area contributed by atoms with E-state index in [-0.39, 0.29) is 38.5 Å². The zero-order valence-electron chi connectivity index (χ0n) is 21.5. The van der Waals surface area contributed by atoms with Crippen molar-refractivity contribution in [3.05, 3.63) is 35.9 Å². The molecule has 0 aliphatic heterocycles. The highest BCUT2D eigenvalue weighted by Gasteiger charge is 2.30. The first-order valence-electron chi connectivity index (χ1n) is 11.7. The van der Waals surface area contributed by atoms with E-state index < -0.39 is 48.0 Å². The van der Waals surface area contributed by atoms with Crippen molar-refractivity contribution < 1.29 is 38.6 Å². The molecule has 0 bridgehead atoms. The van der Waals surface area contributed by atoms with Crippen LogP contribution in [0, 0.1) is 5.92 Å². The molecule has 3 N–H and O–H groups in total. The van der Waals surface area contributed by atoms with E-state index in [2.05, 4.69) is 10.6 Å². The Bertz CT molecular complexity index is 896. The molecule has 0 radical (unpaired) electrons. The third kappa shape index (κ3) is 13.3. The lowest BCUT2D eigenvalue weighted by molar-refractivity contribution is -0.145. The van der Waals surface area contributed by atoms with Crippen LogP contribution in [0.1, 0.15) is 53.0 Å². The molecule has 3 amide bonds. The van der Waals surface area contributed by atoms with Crippen LogP contribution in [0.3, 0.4) is 0 Å². The summed E-state index contributed by atoms with van der Waals surface area (Å²) in [6.07, 6.45) is -1.52. The molecule has 0 spiro atoms. The second-order valence-corrected chi connectivity index (χ2v) is 9.69. The van der Waals surface area contributed by atoms with Gasteiger partial charge in [-0.25, -0.2) is 9.59 Å². The van der Waals surface area contributed by atoms with Gasteiger partial charge in [0, 0.05) is 13.0 Å². The lowest BCUT2D eigenvalue weighted by atomic mass is 10.0. The third-order valence-corrected chi connectivity index (χ3v) is 4.64. The van der Waals surface area contributed by atoms with Crippen molar-refractivity contribution in [2.45, 2.75) is 65.7 Å². The van der Waals surface area contributed by atoms with Gasteiger partial charge in [-0.15, -0.1) is 0 Å². The minimum atomic E-state index is -1.26. The van der Waals surface area contributed by atoms with Gasteiger partial charge in [-0.3, -0.25) is 14.4 Å². The monoisotopic (exact) mass is 507 g/mol. The second-order valence-electron chi connectivity index (χ2n) is 9.69. The SMILES string of the molecule is CC(C)CC(NC(=O)OC(C)(C)C)C(=O)N(CCC(=O)CNC(=O)OCc1ccccc1)CC(=O)O. The summed E-state index contributed by atoms with van der Waals surface area (Å²) in [7, 11) is 0. The number of hydrogen-bond acceptors (Lipinski definition) is 7. The number of ether oxygens (including phenoxy) is 2. The van der Waals surface area contributed by atoms with Crippen LogP contribution in [0.5, 0.6) is 0 Å². The van der Waals surface area contributed by atoms with Crippen molar-refractivity contribution in [3.8, 4) is 0 Å². The molecule has 1 aromatic carbocycles. The van der Waals surface area contributed by atoms with Gasteiger partial charge in [-0.05, 0) is 38.7 Å². The number of hydrogen-bond donors (Lipinski definition) is 3. The van der Waals surface area contributed by atoms with Crippen LogP contribution in [0.25, 0.3) is 0 Å². The number of carboxylic acids is 1. The average Bonchev–Trinajstić information content (AvgIpc) is 2.77. The van der Waals surface area contributed by atoms with Crippen LogP contribution in [-0.2, 0) is 30.5 Å². The van der Waals surface area contributed by atoms with E-state index in [4.69, 9.17) is 9.47 Å². The predicted octanol–water partition coefficient (Wildman–Crippen LogP) is 2.72. The van der Waals surface area contributed by atoms with Crippen LogP contribution in [0.15, 0.2) is 30.3 Å². The number of ketones is 1. The first kappa shape index (κ1) is 30.4. The van der Waals surface area contributed by atoms with Gasteiger partial charge in [0.1, 0.15) is 24.8 Å².